The van der Waals surface area contributed by atoms with Crippen LogP contribution >= 0.6 is 0 Å². The highest BCUT2D eigenvalue weighted by molar-refractivity contribution is 6.12. The Morgan fingerprint density at radius 2 is 1.00 bits per heavy atom. The van der Waals surface area contributed by atoms with Gasteiger partial charge in [-0.15, -0.1) is 0 Å². The molecule has 0 aliphatic carbocycles. The van der Waals surface area contributed by atoms with Crippen LogP contribution in [0.2, 0.25) is 0 Å². The summed E-state index contributed by atoms with van der Waals surface area (Å²) in [6.45, 7) is 0. The molecule has 0 aliphatic rings. The van der Waals surface area contributed by atoms with Crippen LogP contribution in [0.25, 0.3) is 88.6 Å². The molecule has 5 heteroatoms. The monoisotopic (exact) mass is 576 g/mol. The molecule has 45 heavy (non-hydrogen) atoms. The fraction of sp³-hybridized carbons (Fsp3) is 0. The molecule has 0 atom stereocenters. The van der Waals surface area contributed by atoms with Crippen LogP contribution in [0.15, 0.2) is 150 Å². The van der Waals surface area contributed by atoms with Crippen LogP contribution in [0.3, 0.4) is 0 Å². The average molecular weight is 577 g/mol. The number of benzene rings is 6. The van der Waals surface area contributed by atoms with Crippen molar-refractivity contribution in [3.05, 3.63) is 146 Å². The molecule has 0 spiro atoms. The summed E-state index contributed by atoms with van der Waals surface area (Å²) in [5, 5.41) is 5.67. The van der Waals surface area contributed by atoms with Gasteiger partial charge in [0.15, 0.2) is 17.2 Å². The lowest BCUT2D eigenvalue weighted by Crippen LogP contribution is -2.01. The molecular weight excluding hydrogens is 552 g/mol. The molecule has 0 bridgehead atoms. The van der Waals surface area contributed by atoms with Crippen molar-refractivity contribution in [2.45, 2.75) is 0 Å². The van der Waals surface area contributed by atoms with Crippen LogP contribution in [0.4, 0.5) is 0 Å². The van der Waals surface area contributed by atoms with Gasteiger partial charge in [-0.05, 0) is 60.7 Å². The summed E-state index contributed by atoms with van der Waals surface area (Å²) in [4.78, 5) is 10.5. The fourth-order valence-electron chi connectivity index (χ4n) is 6.98. The van der Waals surface area contributed by atoms with Gasteiger partial charge in [-0.2, -0.15) is 0 Å². The average Bonchev–Trinajstić information content (AvgIpc) is 3.76. The third-order valence-electron chi connectivity index (χ3n) is 8.94. The van der Waals surface area contributed by atoms with Gasteiger partial charge in [0.25, 0.3) is 0 Å². The molecular formula is C40H24N4O. The lowest BCUT2D eigenvalue weighted by atomic mass is 10.1. The maximum absolute atomic E-state index is 6.53. The number of furan rings is 1. The Bertz CT molecular complexity index is 2710. The standard InChI is InChI=1S/C40H24N4O/c1-2-12-26(13-3-1)43-32-18-8-6-16-29(32)31-24-25(22-23-35(31)43)39-41-37-30-17-7-11-21-36(30)45-38(37)40(42-39)44-33-19-9-4-14-27(33)28-15-5-10-20-34(28)44/h1-24H. The van der Waals surface area contributed by atoms with Crippen molar-refractivity contribution in [3.8, 4) is 22.9 Å². The van der Waals surface area contributed by atoms with E-state index in [1.165, 1.54) is 21.7 Å². The van der Waals surface area contributed by atoms with Gasteiger partial charge >= 0.3 is 0 Å². The van der Waals surface area contributed by atoms with Crippen molar-refractivity contribution in [1.82, 2.24) is 19.1 Å². The van der Waals surface area contributed by atoms with Gasteiger partial charge in [0.2, 0.25) is 0 Å². The lowest BCUT2D eigenvalue weighted by molar-refractivity contribution is 0.662. The van der Waals surface area contributed by atoms with Gasteiger partial charge in [0, 0.05) is 38.2 Å². The first-order chi connectivity index (χ1) is 22.3. The lowest BCUT2D eigenvalue weighted by Gasteiger charge is -2.10. The highest BCUT2D eigenvalue weighted by atomic mass is 16.3. The molecule has 0 fully saturated rings. The molecule has 0 aliphatic heterocycles. The van der Waals surface area contributed by atoms with E-state index in [9.17, 15) is 0 Å². The Balaban J connectivity index is 1.30. The second-order valence-electron chi connectivity index (χ2n) is 11.4. The largest absolute Gasteiger partial charge is 0.450 e. The molecule has 0 saturated heterocycles. The minimum Gasteiger partial charge on any atom is -0.450 e. The first-order valence-corrected chi connectivity index (χ1v) is 15.1. The number of nitrogens with zero attached hydrogens (tertiary/aromatic N) is 4. The molecule has 10 aromatic rings. The van der Waals surface area contributed by atoms with Crippen LogP contribution in [0, 0.1) is 0 Å². The van der Waals surface area contributed by atoms with E-state index in [2.05, 4.69) is 137 Å². The highest BCUT2D eigenvalue weighted by Crippen LogP contribution is 2.39. The van der Waals surface area contributed by atoms with Crippen LogP contribution in [0.5, 0.6) is 0 Å². The molecule has 4 aromatic heterocycles. The van der Waals surface area contributed by atoms with Gasteiger partial charge in [-0.25, -0.2) is 9.97 Å². The number of hydrogen-bond acceptors (Lipinski definition) is 3. The minimum absolute atomic E-state index is 0.657. The third kappa shape index (κ3) is 3.43. The number of fused-ring (bicyclic) bond motifs is 9. The van der Waals surface area contributed by atoms with Crippen molar-refractivity contribution < 1.29 is 4.42 Å². The number of para-hydroxylation sites is 5. The van der Waals surface area contributed by atoms with E-state index in [-0.39, 0.29) is 0 Å². The quantitative estimate of drug-likeness (QED) is 0.210. The second kappa shape index (κ2) is 9.15. The van der Waals surface area contributed by atoms with Crippen LogP contribution in [-0.4, -0.2) is 19.1 Å². The van der Waals surface area contributed by atoms with Gasteiger partial charge < -0.3 is 8.98 Å². The van der Waals surface area contributed by atoms with Gasteiger partial charge in [-0.1, -0.05) is 84.9 Å². The Morgan fingerprint density at radius 3 is 1.71 bits per heavy atom. The first kappa shape index (κ1) is 24.3. The topological polar surface area (TPSA) is 48.8 Å². The van der Waals surface area contributed by atoms with Gasteiger partial charge in [0.1, 0.15) is 11.1 Å². The van der Waals surface area contributed by atoms with E-state index in [1.54, 1.807) is 0 Å². The van der Waals surface area contributed by atoms with Gasteiger partial charge in [-0.3, -0.25) is 4.57 Å². The number of hydrogen-bond donors (Lipinski definition) is 0. The van der Waals surface area contributed by atoms with Crippen molar-refractivity contribution in [1.29, 1.82) is 0 Å². The Morgan fingerprint density at radius 1 is 0.444 bits per heavy atom. The summed E-state index contributed by atoms with van der Waals surface area (Å²) in [7, 11) is 0. The molecule has 5 nitrogen and oxygen atoms in total. The van der Waals surface area contributed by atoms with Crippen molar-refractivity contribution in [2.75, 3.05) is 0 Å². The maximum Gasteiger partial charge on any atom is 0.197 e. The van der Waals surface area contributed by atoms with Crippen molar-refractivity contribution in [2.24, 2.45) is 0 Å². The fourth-order valence-corrected chi connectivity index (χ4v) is 6.98. The summed E-state index contributed by atoms with van der Waals surface area (Å²) < 4.78 is 11.1. The zero-order valence-corrected chi connectivity index (χ0v) is 24.1. The van der Waals surface area contributed by atoms with E-state index in [0.717, 1.165) is 55.5 Å². The predicted molar refractivity (Wildman–Crippen MR) is 183 cm³/mol. The van der Waals surface area contributed by atoms with E-state index in [1.807, 2.05) is 18.2 Å². The van der Waals surface area contributed by atoms with Crippen molar-refractivity contribution >= 4 is 65.7 Å². The van der Waals surface area contributed by atoms with Crippen molar-refractivity contribution in [3.63, 3.8) is 0 Å². The minimum atomic E-state index is 0.657. The first-order valence-electron chi connectivity index (χ1n) is 15.1. The normalized spacial score (nSPS) is 12.0. The van der Waals surface area contributed by atoms with E-state index in [0.29, 0.717) is 11.4 Å². The van der Waals surface area contributed by atoms with E-state index < -0.39 is 0 Å². The number of rotatable bonds is 3. The Labute approximate surface area is 257 Å². The molecule has 6 aromatic carbocycles. The Kier molecular flexibility index (Phi) is 4.93. The predicted octanol–water partition coefficient (Wildman–Crippen LogP) is 10.2. The molecule has 0 unspecified atom stereocenters. The van der Waals surface area contributed by atoms with E-state index >= 15 is 0 Å². The van der Waals surface area contributed by atoms with Crippen LogP contribution in [0.1, 0.15) is 0 Å². The van der Waals surface area contributed by atoms with Crippen LogP contribution < -0.4 is 0 Å². The zero-order chi connectivity index (χ0) is 29.5. The summed E-state index contributed by atoms with van der Waals surface area (Å²) in [5.74, 6) is 1.39. The molecule has 10 rings (SSSR count). The highest BCUT2D eigenvalue weighted by Gasteiger charge is 2.22. The second-order valence-corrected chi connectivity index (χ2v) is 11.4. The number of aromatic nitrogens is 4. The summed E-state index contributed by atoms with van der Waals surface area (Å²) in [6, 6.07) is 50.7. The Hall–Kier alpha value is -6.20. The molecule has 0 amide bonds. The molecule has 4 heterocycles. The summed E-state index contributed by atoms with van der Waals surface area (Å²) in [5.41, 5.74) is 8.82. The van der Waals surface area contributed by atoms with E-state index in [4.69, 9.17) is 14.4 Å². The SMILES string of the molecule is c1ccc(-n2c3ccccc3c3cc(-c4nc(-n5c6ccccc6c6ccccc65)c5oc6ccccc6c5n4)ccc32)cc1. The molecule has 210 valence electrons. The summed E-state index contributed by atoms with van der Waals surface area (Å²) in [6.07, 6.45) is 0. The molecule has 0 radical (unpaired) electrons. The van der Waals surface area contributed by atoms with Crippen LogP contribution in [-0.2, 0) is 0 Å². The van der Waals surface area contributed by atoms with Gasteiger partial charge in [0.05, 0.1) is 22.1 Å². The molecule has 0 saturated carbocycles. The zero-order valence-electron chi connectivity index (χ0n) is 24.1. The summed E-state index contributed by atoms with van der Waals surface area (Å²) >= 11 is 0. The third-order valence-corrected chi connectivity index (χ3v) is 8.94. The smallest absolute Gasteiger partial charge is 0.197 e. The molecule has 0 N–H and O–H groups in total. The maximum atomic E-state index is 6.53.